The summed E-state index contributed by atoms with van der Waals surface area (Å²) in [6.45, 7) is 12.0. The van der Waals surface area contributed by atoms with Crippen LogP contribution in [0, 0.1) is 6.92 Å². The Morgan fingerprint density at radius 1 is 1.40 bits per heavy atom. The van der Waals surface area contributed by atoms with E-state index in [1.165, 1.54) is 51.0 Å². The molecule has 1 atom stereocenters. The number of aryl methyl sites for hydroxylation is 2. The average molecular weight is 278 g/mol. The Kier molecular flexibility index (Phi) is 6.05. The van der Waals surface area contributed by atoms with Crippen molar-refractivity contribution in [2.75, 3.05) is 19.6 Å². The van der Waals surface area contributed by atoms with Gasteiger partial charge in [-0.15, -0.1) is 0 Å². The molecule has 0 spiro atoms. The predicted molar refractivity (Wildman–Crippen MR) is 83.8 cm³/mol. The number of rotatable bonds is 7. The summed E-state index contributed by atoms with van der Waals surface area (Å²) in [5, 5.41) is 8.23. The summed E-state index contributed by atoms with van der Waals surface area (Å²) < 4.78 is 2.15. The second kappa shape index (κ2) is 7.79. The molecule has 1 saturated heterocycles. The van der Waals surface area contributed by atoms with E-state index in [4.69, 9.17) is 0 Å². The quantitative estimate of drug-likeness (QED) is 0.832. The first-order chi connectivity index (χ1) is 9.72. The van der Waals surface area contributed by atoms with Crippen molar-refractivity contribution in [1.82, 2.24) is 20.0 Å². The van der Waals surface area contributed by atoms with E-state index in [0.717, 1.165) is 18.8 Å². The van der Waals surface area contributed by atoms with E-state index < -0.39 is 0 Å². The van der Waals surface area contributed by atoms with Gasteiger partial charge in [0.2, 0.25) is 0 Å². The number of piperidine rings is 1. The van der Waals surface area contributed by atoms with Gasteiger partial charge in [-0.1, -0.05) is 13.3 Å². The topological polar surface area (TPSA) is 33.1 Å². The van der Waals surface area contributed by atoms with Gasteiger partial charge in [0.25, 0.3) is 0 Å². The van der Waals surface area contributed by atoms with E-state index in [9.17, 15) is 0 Å². The summed E-state index contributed by atoms with van der Waals surface area (Å²) in [5.74, 6) is 0. The van der Waals surface area contributed by atoms with Gasteiger partial charge in [-0.3, -0.25) is 9.58 Å². The lowest BCUT2D eigenvalue weighted by Crippen LogP contribution is -2.43. The number of nitrogens with one attached hydrogen (secondary N) is 1. The Hall–Kier alpha value is -0.870. The second-order valence-corrected chi connectivity index (χ2v) is 5.97. The highest BCUT2D eigenvalue weighted by atomic mass is 15.3. The SMILES string of the molecule is CCCN(Cc1cc(C)nn1CC)CC1CCCCN1. The van der Waals surface area contributed by atoms with Crippen LogP contribution in [0.5, 0.6) is 0 Å². The van der Waals surface area contributed by atoms with Gasteiger partial charge in [-0.05, 0) is 52.3 Å². The largest absolute Gasteiger partial charge is 0.313 e. The van der Waals surface area contributed by atoms with Crippen molar-refractivity contribution >= 4 is 0 Å². The summed E-state index contributed by atoms with van der Waals surface area (Å²) in [4.78, 5) is 2.59. The van der Waals surface area contributed by atoms with Crippen LogP contribution in [0.25, 0.3) is 0 Å². The maximum atomic E-state index is 4.56. The molecule has 1 aliphatic heterocycles. The fourth-order valence-electron chi connectivity index (χ4n) is 3.17. The van der Waals surface area contributed by atoms with Crippen molar-refractivity contribution in [1.29, 1.82) is 0 Å². The Balaban J connectivity index is 1.96. The second-order valence-electron chi connectivity index (χ2n) is 5.97. The Morgan fingerprint density at radius 3 is 2.90 bits per heavy atom. The molecule has 20 heavy (non-hydrogen) atoms. The van der Waals surface area contributed by atoms with E-state index in [1.54, 1.807) is 0 Å². The van der Waals surface area contributed by atoms with Crippen LogP contribution in [-0.4, -0.2) is 40.4 Å². The third kappa shape index (κ3) is 4.32. The molecule has 1 fully saturated rings. The summed E-state index contributed by atoms with van der Waals surface area (Å²) >= 11 is 0. The minimum atomic E-state index is 0.675. The average Bonchev–Trinajstić information content (AvgIpc) is 2.80. The van der Waals surface area contributed by atoms with Gasteiger partial charge in [0, 0.05) is 25.7 Å². The monoisotopic (exact) mass is 278 g/mol. The van der Waals surface area contributed by atoms with Gasteiger partial charge < -0.3 is 5.32 Å². The number of hydrogen-bond acceptors (Lipinski definition) is 3. The molecule has 1 N–H and O–H groups in total. The van der Waals surface area contributed by atoms with Gasteiger partial charge in [0.1, 0.15) is 0 Å². The first-order valence-corrected chi connectivity index (χ1v) is 8.22. The highest BCUT2D eigenvalue weighted by Crippen LogP contribution is 2.12. The molecule has 1 unspecified atom stereocenters. The van der Waals surface area contributed by atoms with Crippen LogP contribution < -0.4 is 5.32 Å². The zero-order valence-corrected chi connectivity index (χ0v) is 13.4. The van der Waals surface area contributed by atoms with Crippen LogP contribution in [0.15, 0.2) is 6.07 Å². The van der Waals surface area contributed by atoms with Gasteiger partial charge in [0.15, 0.2) is 0 Å². The van der Waals surface area contributed by atoms with Crippen molar-refractivity contribution in [3.8, 4) is 0 Å². The lowest BCUT2D eigenvalue weighted by Gasteiger charge is -2.30. The molecule has 1 aromatic rings. The molecule has 0 radical (unpaired) electrons. The summed E-state index contributed by atoms with van der Waals surface area (Å²) in [5.41, 5.74) is 2.49. The highest BCUT2D eigenvalue weighted by molar-refractivity contribution is 5.09. The molecule has 114 valence electrons. The van der Waals surface area contributed by atoms with Crippen LogP contribution in [0.4, 0.5) is 0 Å². The highest BCUT2D eigenvalue weighted by Gasteiger charge is 2.17. The smallest absolute Gasteiger partial charge is 0.0597 e. The van der Waals surface area contributed by atoms with Gasteiger partial charge in [-0.2, -0.15) is 5.10 Å². The van der Waals surface area contributed by atoms with E-state index in [2.05, 4.69) is 46.8 Å². The fourth-order valence-corrected chi connectivity index (χ4v) is 3.17. The Labute approximate surface area is 123 Å². The van der Waals surface area contributed by atoms with Crippen molar-refractivity contribution in [3.05, 3.63) is 17.5 Å². The molecule has 0 aliphatic carbocycles. The van der Waals surface area contributed by atoms with Crippen LogP contribution in [0.1, 0.15) is 50.9 Å². The molecule has 1 aliphatic rings. The first-order valence-electron chi connectivity index (χ1n) is 8.22. The number of aromatic nitrogens is 2. The third-order valence-electron chi connectivity index (χ3n) is 4.10. The molecular formula is C16H30N4. The van der Waals surface area contributed by atoms with E-state index in [0.29, 0.717) is 6.04 Å². The van der Waals surface area contributed by atoms with Gasteiger partial charge in [0.05, 0.1) is 11.4 Å². The lowest BCUT2D eigenvalue weighted by molar-refractivity contribution is 0.212. The maximum Gasteiger partial charge on any atom is 0.0597 e. The maximum absolute atomic E-state index is 4.56. The molecule has 0 amide bonds. The Bertz CT molecular complexity index is 393. The van der Waals surface area contributed by atoms with Crippen LogP contribution in [0.3, 0.4) is 0 Å². The minimum Gasteiger partial charge on any atom is -0.313 e. The zero-order chi connectivity index (χ0) is 14.4. The van der Waals surface area contributed by atoms with Crippen molar-refractivity contribution in [2.24, 2.45) is 0 Å². The third-order valence-corrected chi connectivity index (χ3v) is 4.10. The minimum absolute atomic E-state index is 0.675. The van der Waals surface area contributed by atoms with Crippen molar-refractivity contribution in [3.63, 3.8) is 0 Å². The summed E-state index contributed by atoms with van der Waals surface area (Å²) in [6, 6.07) is 2.91. The summed E-state index contributed by atoms with van der Waals surface area (Å²) in [7, 11) is 0. The van der Waals surface area contributed by atoms with Crippen LogP contribution in [-0.2, 0) is 13.1 Å². The Morgan fingerprint density at radius 2 is 2.25 bits per heavy atom. The molecule has 1 aromatic heterocycles. The molecule has 0 bridgehead atoms. The standard InChI is InChI=1S/C16H30N4/c1-4-10-19(12-15-8-6-7-9-17-15)13-16-11-14(3)18-20(16)5-2/h11,15,17H,4-10,12-13H2,1-3H3. The van der Waals surface area contributed by atoms with Gasteiger partial charge >= 0.3 is 0 Å². The molecule has 2 rings (SSSR count). The number of nitrogens with zero attached hydrogens (tertiary/aromatic N) is 3. The molecular weight excluding hydrogens is 248 g/mol. The fraction of sp³-hybridized carbons (Fsp3) is 0.812. The van der Waals surface area contributed by atoms with Gasteiger partial charge in [-0.25, -0.2) is 0 Å². The molecule has 4 heteroatoms. The molecule has 0 saturated carbocycles. The molecule has 2 heterocycles. The van der Waals surface area contributed by atoms with Crippen molar-refractivity contribution in [2.45, 2.75) is 65.6 Å². The van der Waals surface area contributed by atoms with Crippen LogP contribution >= 0.6 is 0 Å². The van der Waals surface area contributed by atoms with E-state index >= 15 is 0 Å². The number of hydrogen-bond donors (Lipinski definition) is 1. The first kappa shape index (κ1) is 15.5. The predicted octanol–water partition coefficient (Wildman–Crippen LogP) is 2.57. The van der Waals surface area contributed by atoms with E-state index in [-0.39, 0.29) is 0 Å². The summed E-state index contributed by atoms with van der Waals surface area (Å²) in [6.07, 6.45) is 5.26. The van der Waals surface area contributed by atoms with E-state index in [1.807, 2.05) is 0 Å². The zero-order valence-electron chi connectivity index (χ0n) is 13.4. The van der Waals surface area contributed by atoms with Crippen molar-refractivity contribution < 1.29 is 0 Å². The van der Waals surface area contributed by atoms with Crippen LogP contribution in [0.2, 0.25) is 0 Å². The normalized spacial score (nSPS) is 19.7. The lowest BCUT2D eigenvalue weighted by atomic mass is 10.0. The molecule has 0 aromatic carbocycles. The molecule has 4 nitrogen and oxygen atoms in total.